The van der Waals surface area contributed by atoms with Crippen LogP contribution in [0.5, 0.6) is 0 Å². The number of hydrogen-bond donors (Lipinski definition) is 1. The molecule has 3 aromatic rings. The molecule has 1 aliphatic heterocycles. The van der Waals surface area contributed by atoms with Gasteiger partial charge in [0.25, 0.3) is 11.5 Å². The summed E-state index contributed by atoms with van der Waals surface area (Å²) in [5.74, 6) is -0.162. The van der Waals surface area contributed by atoms with Gasteiger partial charge in [0.1, 0.15) is 17.4 Å². The molecule has 27 heavy (non-hydrogen) atoms. The van der Waals surface area contributed by atoms with E-state index in [1.807, 2.05) is 48.7 Å². The van der Waals surface area contributed by atoms with E-state index in [-0.39, 0.29) is 17.6 Å². The van der Waals surface area contributed by atoms with E-state index < -0.39 is 11.6 Å². The van der Waals surface area contributed by atoms with Crippen molar-refractivity contribution >= 4 is 28.6 Å². The second-order valence-corrected chi connectivity index (χ2v) is 7.73. The molecule has 3 heterocycles. The van der Waals surface area contributed by atoms with Gasteiger partial charge < -0.3 is 10.6 Å². The molecule has 0 bridgehead atoms. The maximum absolute atomic E-state index is 13.3. The normalized spacial score (nSPS) is 17.0. The summed E-state index contributed by atoms with van der Waals surface area (Å²) in [5, 5.41) is 6.37. The zero-order valence-corrected chi connectivity index (χ0v) is 15.9. The van der Waals surface area contributed by atoms with Crippen molar-refractivity contribution in [3.05, 3.63) is 63.8 Å². The quantitative estimate of drug-likeness (QED) is 0.757. The van der Waals surface area contributed by atoms with Crippen molar-refractivity contribution in [3.63, 3.8) is 0 Å². The van der Waals surface area contributed by atoms with Crippen molar-refractivity contribution in [3.8, 4) is 10.6 Å². The molecule has 1 aromatic carbocycles. The molecule has 0 fully saturated rings. The predicted molar refractivity (Wildman–Crippen MR) is 108 cm³/mol. The average Bonchev–Trinajstić information content (AvgIpc) is 3.29. The zero-order valence-electron chi connectivity index (χ0n) is 15.1. The van der Waals surface area contributed by atoms with E-state index in [0.717, 1.165) is 22.5 Å². The summed E-state index contributed by atoms with van der Waals surface area (Å²) in [7, 11) is 0. The molecule has 1 aliphatic rings. The van der Waals surface area contributed by atoms with Gasteiger partial charge in [0.05, 0.1) is 4.88 Å². The monoisotopic (exact) mass is 380 g/mol. The molecule has 138 valence electrons. The van der Waals surface area contributed by atoms with Gasteiger partial charge in [-0.05, 0) is 49.4 Å². The van der Waals surface area contributed by atoms with E-state index in [1.165, 1.54) is 16.0 Å². The number of nitrogens with zero attached hydrogens (tertiary/aromatic N) is 3. The Morgan fingerprint density at radius 1 is 1.30 bits per heavy atom. The Bertz CT molecular complexity index is 1060. The molecular weight excluding hydrogens is 360 g/mol. The lowest BCUT2D eigenvalue weighted by molar-refractivity contribution is -0.121. The van der Waals surface area contributed by atoms with Gasteiger partial charge in [-0.2, -0.15) is 5.10 Å². The highest BCUT2D eigenvalue weighted by Gasteiger charge is 2.34. The van der Waals surface area contributed by atoms with Gasteiger partial charge in [-0.1, -0.05) is 24.3 Å². The van der Waals surface area contributed by atoms with Gasteiger partial charge in [0, 0.05) is 11.7 Å². The Labute approximate surface area is 160 Å². The largest absolute Gasteiger partial charge is 0.394 e. The number of carbonyl (C=O) groups excluding carboxylic acids is 1. The fourth-order valence-corrected chi connectivity index (χ4v) is 4.23. The third-order valence-electron chi connectivity index (χ3n) is 4.91. The molecule has 4 rings (SSSR count). The van der Waals surface area contributed by atoms with Crippen LogP contribution in [0.2, 0.25) is 0 Å². The Balaban J connectivity index is 1.74. The van der Waals surface area contributed by atoms with Crippen LogP contribution in [0.3, 0.4) is 0 Å². The smallest absolute Gasteiger partial charge is 0.290 e. The summed E-state index contributed by atoms with van der Waals surface area (Å²) in [6, 6.07) is 12.5. The first-order valence-electron chi connectivity index (χ1n) is 8.81. The number of nitrogens with two attached hydrogens (primary N) is 1. The van der Waals surface area contributed by atoms with Crippen molar-refractivity contribution in [2.24, 2.45) is 0 Å². The Hall–Kier alpha value is -2.93. The SMILES string of the molecule is C[C@@H]1Cc2ccccc2N1C(=O)[C@@H](C)n1nc(-c2cccs2)cc(N)c1=O. The number of carbonyl (C=O) groups is 1. The lowest BCUT2D eigenvalue weighted by Crippen LogP contribution is -2.43. The van der Waals surface area contributed by atoms with Crippen LogP contribution < -0.4 is 16.2 Å². The minimum Gasteiger partial charge on any atom is -0.394 e. The number of hydrogen-bond acceptors (Lipinski definition) is 5. The van der Waals surface area contributed by atoms with Crippen LogP contribution in [0.15, 0.2) is 52.6 Å². The predicted octanol–water partition coefficient (Wildman–Crippen LogP) is 3.09. The molecule has 0 aliphatic carbocycles. The van der Waals surface area contributed by atoms with Crippen LogP contribution in [0.25, 0.3) is 10.6 Å². The Morgan fingerprint density at radius 3 is 2.81 bits per heavy atom. The first-order valence-corrected chi connectivity index (χ1v) is 9.69. The maximum Gasteiger partial charge on any atom is 0.290 e. The molecule has 2 atom stereocenters. The molecule has 2 N–H and O–H groups in total. The third kappa shape index (κ3) is 2.94. The molecule has 1 amide bonds. The molecule has 6 nitrogen and oxygen atoms in total. The number of rotatable bonds is 3. The Kier molecular flexibility index (Phi) is 4.31. The average molecular weight is 380 g/mol. The van der Waals surface area contributed by atoms with Gasteiger partial charge in [-0.15, -0.1) is 11.3 Å². The molecule has 0 saturated heterocycles. The van der Waals surface area contributed by atoms with Gasteiger partial charge in [-0.3, -0.25) is 9.59 Å². The summed E-state index contributed by atoms with van der Waals surface area (Å²) in [4.78, 5) is 28.5. The number of benzene rings is 1. The second kappa shape index (κ2) is 6.66. The van der Waals surface area contributed by atoms with Crippen molar-refractivity contribution in [2.45, 2.75) is 32.4 Å². The molecule has 7 heteroatoms. The van der Waals surface area contributed by atoms with Crippen LogP contribution in [-0.2, 0) is 11.2 Å². The van der Waals surface area contributed by atoms with Gasteiger partial charge in [0.2, 0.25) is 0 Å². The highest BCUT2D eigenvalue weighted by atomic mass is 32.1. The topological polar surface area (TPSA) is 81.2 Å². The first-order chi connectivity index (χ1) is 13.0. The van der Waals surface area contributed by atoms with Gasteiger partial charge in [0.15, 0.2) is 0 Å². The third-order valence-corrected chi connectivity index (χ3v) is 5.80. The number of fused-ring (bicyclic) bond motifs is 1. The van der Waals surface area contributed by atoms with Crippen molar-refractivity contribution in [1.82, 2.24) is 9.78 Å². The molecular formula is C20H20N4O2S. The van der Waals surface area contributed by atoms with Crippen LogP contribution >= 0.6 is 11.3 Å². The van der Waals surface area contributed by atoms with E-state index in [0.29, 0.717) is 5.69 Å². The summed E-state index contributed by atoms with van der Waals surface area (Å²) < 4.78 is 1.21. The Morgan fingerprint density at radius 2 is 2.07 bits per heavy atom. The highest BCUT2D eigenvalue weighted by molar-refractivity contribution is 7.13. The van der Waals surface area contributed by atoms with Crippen LogP contribution in [0.4, 0.5) is 11.4 Å². The molecule has 0 radical (unpaired) electrons. The number of aromatic nitrogens is 2. The summed E-state index contributed by atoms with van der Waals surface area (Å²) in [6.45, 7) is 3.71. The minimum atomic E-state index is -0.756. The minimum absolute atomic E-state index is 0.0332. The molecule has 0 unspecified atom stereocenters. The lowest BCUT2D eigenvalue weighted by Gasteiger charge is -2.26. The zero-order chi connectivity index (χ0) is 19.1. The first kappa shape index (κ1) is 17.5. The van der Waals surface area contributed by atoms with E-state index in [4.69, 9.17) is 5.73 Å². The lowest BCUT2D eigenvalue weighted by atomic mass is 10.1. The second-order valence-electron chi connectivity index (χ2n) is 6.78. The van der Waals surface area contributed by atoms with Crippen LogP contribution in [0, 0.1) is 0 Å². The number of amides is 1. The number of para-hydroxylation sites is 1. The molecule has 0 spiro atoms. The van der Waals surface area contributed by atoms with Gasteiger partial charge >= 0.3 is 0 Å². The van der Waals surface area contributed by atoms with Crippen molar-refractivity contribution in [1.29, 1.82) is 0 Å². The van der Waals surface area contributed by atoms with Gasteiger partial charge in [-0.25, -0.2) is 4.68 Å². The number of anilines is 2. The van der Waals surface area contributed by atoms with Crippen molar-refractivity contribution < 1.29 is 4.79 Å². The van der Waals surface area contributed by atoms with Crippen molar-refractivity contribution in [2.75, 3.05) is 10.6 Å². The summed E-state index contributed by atoms with van der Waals surface area (Å²) >= 11 is 1.51. The van der Waals surface area contributed by atoms with Crippen LogP contribution in [0.1, 0.15) is 25.5 Å². The fourth-order valence-electron chi connectivity index (χ4n) is 3.55. The standard InChI is InChI=1S/C20H20N4O2S/c1-12-10-14-6-3-4-7-17(14)23(12)19(25)13(2)24-20(26)15(21)11-16(22-24)18-8-5-9-27-18/h3-9,11-13H,10,21H2,1-2H3/t12-,13-/m1/s1. The highest BCUT2D eigenvalue weighted by Crippen LogP contribution is 2.33. The molecule has 2 aromatic heterocycles. The summed E-state index contributed by atoms with van der Waals surface area (Å²) in [6.07, 6.45) is 0.800. The summed E-state index contributed by atoms with van der Waals surface area (Å²) in [5.41, 5.74) is 8.20. The van der Waals surface area contributed by atoms with E-state index in [9.17, 15) is 9.59 Å². The maximum atomic E-state index is 13.3. The van der Waals surface area contributed by atoms with Crippen LogP contribution in [-0.4, -0.2) is 21.7 Å². The van der Waals surface area contributed by atoms with E-state index >= 15 is 0 Å². The van der Waals surface area contributed by atoms with E-state index in [1.54, 1.807) is 17.9 Å². The fraction of sp³-hybridized carbons (Fsp3) is 0.250. The number of thiophene rings is 1. The molecule has 0 saturated carbocycles. The number of nitrogen functional groups attached to an aromatic ring is 1. The van der Waals surface area contributed by atoms with E-state index in [2.05, 4.69) is 5.10 Å².